The van der Waals surface area contributed by atoms with Crippen molar-refractivity contribution < 1.29 is 22.6 Å². The fourth-order valence-electron chi connectivity index (χ4n) is 2.72. The van der Waals surface area contributed by atoms with E-state index in [1.807, 2.05) is 0 Å². The zero-order valence-electron chi connectivity index (χ0n) is 16.6. The van der Waals surface area contributed by atoms with Crippen LogP contribution in [-0.2, 0) is 10.7 Å². The van der Waals surface area contributed by atoms with E-state index in [4.69, 9.17) is 4.74 Å². The average molecular weight is 428 g/mol. The summed E-state index contributed by atoms with van der Waals surface area (Å²) >= 11 is 0. The number of nitrogens with zero attached hydrogens (tertiary/aromatic N) is 4. The number of halogens is 3. The van der Waals surface area contributed by atoms with Gasteiger partial charge in [0.25, 0.3) is 0 Å². The molecule has 0 atom stereocenters. The summed E-state index contributed by atoms with van der Waals surface area (Å²) in [6.45, 7) is 2.88. The van der Waals surface area contributed by atoms with Gasteiger partial charge in [-0.25, -0.2) is 9.37 Å². The number of allylic oxidation sites excluding steroid dienone is 4. The Morgan fingerprint density at radius 1 is 1.23 bits per heavy atom. The quantitative estimate of drug-likeness (QED) is 0.560. The number of alkyl halides is 2. The van der Waals surface area contributed by atoms with Gasteiger partial charge < -0.3 is 9.47 Å². The van der Waals surface area contributed by atoms with Gasteiger partial charge in [0.05, 0.1) is 18.4 Å². The first kappa shape index (κ1) is 22.1. The normalized spacial score (nSPS) is 15.7. The van der Waals surface area contributed by atoms with Crippen LogP contribution in [0.4, 0.5) is 13.2 Å². The van der Waals surface area contributed by atoms with Crippen molar-refractivity contribution in [3.05, 3.63) is 78.2 Å². The van der Waals surface area contributed by atoms with Crippen molar-refractivity contribution in [2.45, 2.75) is 5.92 Å². The summed E-state index contributed by atoms with van der Waals surface area (Å²) in [5.74, 6) is -3.50. The molecule has 3 heterocycles. The maximum Gasteiger partial charge on any atom is 0.312 e. The molecule has 0 bridgehead atoms. The Hall–Kier alpha value is -3.59. The minimum absolute atomic E-state index is 0.126. The predicted octanol–water partition coefficient (Wildman–Crippen LogP) is 4.91. The van der Waals surface area contributed by atoms with Gasteiger partial charge in [0.2, 0.25) is 5.88 Å². The number of methoxy groups -OCH3 is 1. The van der Waals surface area contributed by atoms with Gasteiger partial charge in [0.1, 0.15) is 23.9 Å². The summed E-state index contributed by atoms with van der Waals surface area (Å²) < 4.78 is 52.2. The molecule has 0 fully saturated rings. The molecule has 6 nitrogen and oxygen atoms in total. The van der Waals surface area contributed by atoms with Crippen LogP contribution in [0.15, 0.2) is 76.9 Å². The van der Waals surface area contributed by atoms with E-state index in [1.165, 1.54) is 31.7 Å². The molecule has 0 aliphatic carbocycles. The second-order valence-electron chi connectivity index (χ2n) is 6.34. The van der Waals surface area contributed by atoms with E-state index >= 15 is 0 Å². The van der Waals surface area contributed by atoms with E-state index in [0.717, 1.165) is 18.3 Å². The number of ether oxygens (including phenoxy) is 2. The highest BCUT2D eigenvalue weighted by molar-refractivity contribution is 6.17. The van der Waals surface area contributed by atoms with Crippen LogP contribution < -0.4 is 4.74 Å². The molecule has 0 N–H and O–H groups in total. The summed E-state index contributed by atoms with van der Waals surface area (Å²) in [5, 5.41) is 0. The molecule has 160 valence electrons. The highest BCUT2D eigenvalue weighted by Crippen LogP contribution is 2.33. The second-order valence-corrected chi connectivity index (χ2v) is 6.34. The molecule has 0 saturated carbocycles. The summed E-state index contributed by atoms with van der Waals surface area (Å²) in [5.41, 5.74) is 0.906. The summed E-state index contributed by atoms with van der Waals surface area (Å²) in [6.07, 6.45) is 8.02. The molecular formula is C22H19F3N4O2. The SMILES string of the molecule is C=C/C(F)=C\C(=C1/CN=CC=N1)c1cccnc1Oc1ccc(C(F)(F)COC)nc1. The van der Waals surface area contributed by atoms with Gasteiger partial charge in [-0.2, -0.15) is 8.78 Å². The van der Waals surface area contributed by atoms with Crippen LogP contribution in [0.25, 0.3) is 5.57 Å². The van der Waals surface area contributed by atoms with E-state index in [9.17, 15) is 13.2 Å². The monoisotopic (exact) mass is 428 g/mol. The highest BCUT2D eigenvalue weighted by Gasteiger charge is 2.33. The Balaban J connectivity index is 1.97. The van der Waals surface area contributed by atoms with Crippen molar-refractivity contribution in [1.82, 2.24) is 9.97 Å². The molecule has 31 heavy (non-hydrogen) atoms. The minimum atomic E-state index is -3.23. The Morgan fingerprint density at radius 2 is 2.06 bits per heavy atom. The topological polar surface area (TPSA) is 69.0 Å². The van der Waals surface area contributed by atoms with E-state index < -0.39 is 24.1 Å². The third-order valence-electron chi connectivity index (χ3n) is 4.14. The van der Waals surface area contributed by atoms with Crippen LogP contribution in [0, 0.1) is 0 Å². The molecule has 0 unspecified atom stereocenters. The summed E-state index contributed by atoms with van der Waals surface area (Å²) in [7, 11) is 1.19. The first-order chi connectivity index (χ1) is 14.9. The highest BCUT2D eigenvalue weighted by atomic mass is 19.3. The fraction of sp³-hybridized carbons (Fsp3) is 0.182. The third kappa shape index (κ3) is 5.52. The first-order valence-corrected chi connectivity index (χ1v) is 9.16. The summed E-state index contributed by atoms with van der Waals surface area (Å²) in [6, 6.07) is 5.83. The largest absolute Gasteiger partial charge is 0.437 e. The van der Waals surface area contributed by atoms with Crippen molar-refractivity contribution >= 4 is 18.0 Å². The fourth-order valence-corrected chi connectivity index (χ4v) is 2.72. The Kier molecular flexibility index (Phi) is 7.09. The van der Waals surface area contributed by atoms with E-state index in [-0.39, 0.29) is 18.2 Å². The molecule has 0 amide bonds. The van der Waals surface area contributed by atoms with Crippen molar-refractivity contribution in [2.24, 2.45) is 9.98 Å². The minimum Gasteiger partial charge on any atom is -0.437 e. The van der Waals surface area contributed by atoms with Crippen LogP contribution in [0.5, 0.6) is 11.6 Å². The standard InChI is InChI=1S/C22H19F3N4O2/c1-3-15(23)11-18(19-13-26-9-10-27-19)17-5-4-8-28-21(17)31-16-6-7-20(29-12-16)22(24,25)14-30-2/h3-12H,1,13-14H2,2H3/b15-11+,19-18-. The van der Waals surface area contributed by atoms with Crippen LogP contribution in [0.2, 0.25) is 0 Å². The third-order valence-corrected chi connectivity index (χ3v) is 4.14. The maximum atomic E-state index is 14.1. The number of aromatic nitrogens is 2. The molecular weight excluding hydrogens is 409 g/mol. The van der Waals surface area contributed by atoms with Gasteiger partial charge in [-0.1, -0.05) is 6.58 Å². The lowest BCUT2D eigenvalue weighted by Crippen LogP contribution is -2.21. The number of hydrogen-bond donors (Lipinski definition) is 0. The number of hydrogen-bond acceptors (Lipinski definition) is 6. The van der Waals surface area contributed by atoms with E-state index in [1.54, 1.807) is 18.3 Å². The van der Waals surface area contributed by atoms with E-state index in [2.05, 4.69) is 31.3 Å². The molecule has 1 aliphatic rings. The van der Waals surface area contributed by atoms with Crippen LogP contribution in [-0.4, -0.2) is 42.7 Å². The Morgan fingerprint density at radius 3 is 2.71 bits per heavy atom. The lowest BCUT2D eigenvalue weighted by molar-refractivity contribution is -0.0731. The molecule has 2 aromatic rings. The molecule has 0 saturated heterocycles. The number of aliphatic imine (C=N–C) groups is 2. The molecule has 1 aliphatic heterocycles. The van der Waals surface area contributed by atoms with Crippen molar-refractivity contribution in [3.63, 3.8) is 0 Å². The number of rotatable bonds is 8. The van der Waals surface area contributed by atoms with Gasteiger partial charge in [-0.15, -0.1) is 0 Å². The molecule has 9 heteroatoms. The van der Waals surface area contributed by atoms with Gasteiger partial charge in [0, 0.05) is 36.9 Å². The predicted molar refractivity (Wildman–Crippen MR) is 112 cm³/mol. The van der Waals surface area contributed by atoms with Crippen LogP contribution in [0.3, 0.4) is 0 Å². The van der Waals surface area contributed by atoms with Gasteiger partial charge >= 0.3 is 5.92 Å². The smallest absolute Gasteiger partial charge is 0.312 e. The molecule has 0 spiro atoms. The van der Waals surface area contributed by atoms with Crippen molar-refractivity contribution in [3.8, 4) is 11.6 Å². The molecule has 0 radical (unpaired) electrons. The van der Waals surface area contributed by atoms with Crippen LogP contribution in [0.1, 0.15) is 11.3 Å². The van der Waals surface area contributed by atoms with Crippen molar-refractivity contribution in [1.29, 1.82) is 0 Å². The zero-order chi connectivity index (χ0) is 22.3. The lowest BCUT2D eigenvalue weighted by Gasteiger charge is -2.16. The Labute approximate surface area is 177 Å². The lowest BCUT2D eigenvalue weighted by atomic mass is 10.0. The maximum absolute atomic E-state index is 14.1. The molecule has 0 aromatic carbocycles. The van der Waals surface area contributed by atoms with Gasteiger partial charge in [-0.05, 0) is 36.4 Å². The van der Waals surface area contributed by atoms with Gasteiger partial charge in [-0.3, -0.25) is 15.0 Å². The van der Waals surface area contributed by atoms with E-state index in [0.29, 0.717) is 16.8 Å². The molecule has 2 aromatic heterocycles. The first-order valence-electron chi connectivity index (χ1n) is 9.16. The van der Waals surface area contributed by atoms with Crippen molar-refractivity contribution in [2.75, 3.05) is 20.3 Å². The number of pyridine rings is 2. The second kappa shape index (κ2) is 9.94. The Bertz CT molecular complexity index is 1060. The van der Waals surface area contributed by atoms with Gasteiger partial charge in [0.15, 0.2) is 0 Å². The average Bonchev–Trinajstić information content (AvgIpc) is 2.79. The zero-order valence-corrected chi connectivity index (χ0v) is 16.6. The summed E-state index contributed by atoms with van der Waals surface area (Å²) in [4.78, 5) is 16.4. The molecule has 3 rings (SSSR count). The van der Waals surface area contributed by atoms with Crippen LogP contribution >= 0.6 is 0 Å².